The summed E-state index contributed by atoms with van der Waals surface area (Å²) in [7, 11) is 0. The first-order chi connectivity index (χ1) is 9.15. The predicted molar refractivity (Wildman–Crippen MR) is 77.6 cm³/mol. The summed E-state index contributed by atoms with van der Waals surface area (Å²) in [6, 6.07) is 2.16. The molecule has 0 aromatic carbocycles. The van der Waals surface area contributed by atoms with Crippen LogP contribution < -0.4 is 10.2 Å². The zero-order valence-corrected chi connectivity index (χ0v) is 12.1. The summed E-state index contributed by atoms with van der Waals surface area (Å²) in [6.07, 6.45) is 2.17. The highest BCUT2D eigenvalue weighted by Gasteiger charge is 2.31. The molecule has 2 unspecified atom stereocenters. The van der Waals surface area contributed by atoms with E-state index in [0.29, 0.717) is 5.92 Å². The number of aromatic nitrogens is 2. The minimum Gasteiger partial charge on any atom is -0.394 e. The lowest BCUT2D eigenvalue weighted by Gasteiger charge is -2.26. The van der Waals surface area contributed by atoms with Crippen LogP contribution in [0, 0.1) is 12.8 Å². The smallest absolute Gasteiger partial charge is 0.134 e. The highest BCUT2D eigenvalue weighted by atomic mass is 16.3. The zero-order valence-electron chi connectivity index (χ0n) is 12.1. The van der Waals surface area contributed by atoms with Crippen molar-refractivity contribution in [3.8, 4) is 0 Å². The van der Waals surface area contributed by atoms with Gasteiger partial charge in [-0.15, -0.1) is 0 Å². The molecule has 0 spiro atoms. The molecule has 19 heavy (non-hydrogen) atoms. The van der Waals surface area contributed by atoms with E-state index in [0.717, 1.165) is 43.4 Å². The van der Waals surface area contributed by atoms with Crippen molar-refractivity contribution in [1.29, 1.82) is 0 Å². The Kier molecular flexibility index (Phi) is 4.58. The summed E-state index contributed by atoms with van der Waals surface area (Å²) in [4.78, 5) is 11.1. The largest absolute Gasteiger partial charge is 0.394 e. The molecule has 1 aromatic heterocycles. The van der Waals surface area contributed by atoms with E-state index in [9.17, 15) is 5.11 Å². The fourth-order valence-electron chi connectivity index (χ4n) is 2.61. The zero-order chi connectivity index (χ0) is 13.8. The first-order valence-corrected chi connectivity index (χ1v) is 7.12. The minimum atomic E-state index is 0.174. The summed E-state index contributed by atoms with van der Waals surface area (Å²) in [5, 5.41) is 12.9. The second kappa shape index (κ2) is 6.19. The molecule has 0 saturated carbocycles. The van der Waals surface area contributed by atoms with Crippen LogP contribution in [-0.4, -0.2) is 40.8 Å². The van der Waals surface area contributed by atoms with Crippen LogP contribution in [0.3, 0.4) is 0 Å². The highest BCUT2D eigenvalue weighted by molar-refractivity contribution is 5.51. The number of aliphatic hydroxyl groups excluding tert-OH is 1. The molecule has 0 aliphatic carbocycles. The molecule has 2 atom stereocenters. The lowest BCUT2D eigenvalue weighted by atomic mass is 10.0. The third kappa shape index (κ3) is 3.15. The van der Waals surface area contributed by atoms with E-state index in [1.807, 2.05) is 13.0 Å². The van der Waals surface area contributed by atoms with Gasteiger partial charge in [-0.25, -0.2) is 9.97 Å². The van der Waals surface area contributed by atoms with Crippen molar-refractivity contribution in [1.82, 2.24) is 9.97 Å². The number of anilines is 2. The lowest BCUT2D eigenvalue weighted by molar-refractivity contribution is 0.244. The fraction of sp³-hybridized carbons (Fsp3) is 0.714. The topological polar surface area (TPSA) is 61.3 Å². The monoisotopic (exact) mass is 264 g/mol. The van der Waals surface area contributed by atoms with Crippen LogP contribution >= 0.6 is 0 Å². The Balaban J connectivity index is 2.21. The normalized spacial score (nSPS) is 22.8. The molecule has 106 valence electrons. The van der Waals surface area contributed by atoms with Crippen molar-refractivity contribution in [2.45, 2.75) is 39.7 Å². The molecule has 1 aliphatic heterocycles. The van der Waals surface area contributed by atoms with Gasteiger partial charge in [-0.2, -0.15) is 0 Å². The summed E-state index contributed by atoms with van der Waals surface area (Å²) in [5.41, 5.74) is 0. The van der Waals surface area contributed by atoms with Gasteiger partial charge in [-0.3, -0.25) is 0 Å². The van der Waals surface area contributed by atoms with Crippen molar-refractivity contribution < 1.29 is 5.11 Å². The molecular formula is C14H24N4O. The van der Waals surface area contributed by atoms with Crippen molar-refractivity contribution in [2.75, 3.05) is 29.9 Å². The molecule has 2 N–H and O–H groups in total. The number of hydrogen-bond donors (Lipinski definition) is 2. The number of nitrogens with zero attached hydrogens (tertiary/aromatic N) is 3. The average Bonchev–Trinajstić information content (AvgIpc) is 2.76. The Labute approximate surface area is 115 Å². The van der Waals surface area contributed by atoms with E-state index in [1.165, 1.54) is 0 Å². The van der Waals surface area contributed by atoms with Crippen LogP contribution in [-0.2, 0) is 0 Å². The first-order valence-electron chi connectivity index (χ1n) is 7.12. The quantitative estimate of drug-likeness (QED) is 0.849. The number of hydrogen-bond acceptors (Lipinski definition) is 5. The minimum absolute atomic E-state index is 0.174. The molecule has 1 fully saturated rings. The Bertz CT molecular complexity index is 424. The molecule has 5 heteroatoms. The van der Waals surface area contributed by atoms with Crippen molar-refractivity contribution in [3.63, 3.8) is 0 Å². The standard InChI is InChI=1S/C14H24N4O/c1-4-6-15-13-8-14(17-11(3)16-13)18-7-5-10(2)12(18)9-19/h8,10,12,19H,4-7,9H2,1-3H3,(H,15,16,17). The Morgan fingerprint density at radius 1 is 1.47 bits per heavy atom. The van der Waals surface area contributed by atoms with Gasteiger partial charge in [0.05, 0.1) is 12.6 Å². The first kappa shape index (κ1) is 14.1. The molecule has 2 heterocycles. The summed E-state index contributed by atoms with van der Waals surface area (Å²) < 4.78 is 0. The second-order valence-electron chi connectivity index (χ2n) is 5.29. The number of rotatable bonds is 5. The van der Waals surface area contributed by atoms with E-state index in [2.05, 4.69) is 34.0 Å². The van der Waals surface area contributed by atoms with Crippen LogP contribution in [0.1, 0.15) is 32.5 Å². The van der Waals surface area contributed by atoms with Gasteiger partial charge in [0.1, 0.15) is 17.5 Å². The van der Waals surface area contributed by atoms with Crippen LogP contribution in [0.4, 0.5) is 11.6 Å². The summed E-state index contributed by atoms with van der Waals surface area (Å²) in [6.45, 7) is 8.28. The summed E-state index contributed by atoms with van der Waals surface area (Å²) in [5.74, 6) is 3.08. The van der Waals surface area contributed by atoms with E-state index >= 15 is 0 Å². The maximum Gasteiger partial charge on any atom is 0.134 e. The van der Waals surface area contributed by atoms with Gasteiger partial charge < -0.3 is 15.3 Å². The van der Waals surface area contributed by atoms with Crippen LogP contribution in [0.25, 0.3) is 0 Å². The van der Waals surface area contributed by atoms with Crippen molar-refractivity contribution in [3.05, 3.63) is 11.9 Å². The number of aryl methyl sites for hydroxylation is 1. The van der Waals surface area contributed by atoms with Crippen LogP contribution in [0.2, 0.25) is 0 Å². The third-order valence-electron chi connectivity index (χ3n) is 3.74. The van der Waals surface area contributed by atoms with Gasteiger partial charge in [0, 0.05) is 19.2 Å². The molecule has 2 rings (SSSR count). The summed E-state index contributed by atoms with van der Waals surface area (Å²) >= 11 is 0. The van der Waals surface area contributed by atoms with Gasteiger partial charge in [-0.1, -0.05) is 13.8 Å². The van der Waals surface area contributed by atoms with Gasteiger partial charge in [0.2, 0.25) is 0 Å². The van der Waals surface area contributed by atoms with E-state index in [-0.39, 0.29) is 12.6 Å². The molecule has 0 bridgehead atoms. The third-order valence-corrected chi connectivity index (χ3v) is 3.74. The van der Waals surface area contributed by atoms with Crippen LogP contribution in [0.15, 0.2) is 6.07 Å². The Hall–Kier alpha value is -1.36. The highest BCUT2D eigenvalue weighted by Crippen LogP contribution is 2.29. The molecule has 5 nitrogen and oxygen atoms in total. The molecule has 0 amide bonds. The fourth-order valence-corrected chi connectivity index (χ4v) is 2.61. The maximum atomic E-state index is 9.55. The van der Waals surface area contributed by atoms with E-state index in [4.69, 9.17) is 0 Å². The molecular weight excluding hydrogens is 240 g/mol. The SMILES string of the molecule is CCCNc1cc(N2CCC(C)C2CO)nc(C)n1. The van der Waals surface area contributed by atoms with Gasteiger partial charge in [-0.05, 0) is 25.7 Å². The maximum absolute atomic E-state index is 9.55. The van der Waals surface area contributed by atoms with E-state index in [1.54, 1.807) is 0 Å². The van der Waals surface area contributed by atoms with Crippen molar-refractivity contribution >= 4 is 11.6 Å². The number of nitrogens with one attached hydrogen (secondary N) is 1. The molecule has 1 aliphatic rings. The predicted octanol–water partition coefficient (Wildman–Crippen LogP) is 1.81. The Morgan fingerprint density at radius 3 is 2.95 bits per heavy atom. The molecule has 1 saturated heterocycles. The van der Waals surface area contributed by atoms with Crippen LogP contribution in [0.5, 0.6) is 0 Å². The number of aliphatic hydroxyl groups is 1. The average molecular weight is 264 g/mol. The molecule has 1 aromatic rings. The Morgan fingerprint density at radius 2 is 2.26 bits per heavy atom. The lowest BCUT2D eigenvalue weighted by Crippen LogP contribution is -2.36. The molecule has 0 radical (unpaired) electrons. The van der Waals surface area contributed by atoms with E-state index < -0.39 is 0 Å². The van der Waals surface area contributed by atoms with Gasteiger partial charge >= 0.3 is 0 Å². The van der Waals surface area contributed by atoms with Crippen molar-refractivity contribution in [2.24, 2.45) is 5.92 Å². The van der Waals surface area contributed by atoms with Gasteiger partial charge in [0.15, 0.2) is 0 Å². The second-order valence-corrected chi connectivity index (χ2v) is 5.29. The van der Waals surface area contributed by atoms with Gasteiger partial charge in [0.25, 0.3) is 0 Å².